The average molecular weight is 394 g/mol. The molecule has 1 fully saturated rings. The van der Waals surface area contributed by atoms with Crippen LogP contribution in [-0.2, 0) is 14.3 Å². The molecule has 27 heavy (non-hydrogen) atoms. The smallest absolute Gasteiger partial charge is 0.248 e. The maximum Gasteiger partial charge on any atom is 0.248 e. The lowest BCUT2D eigenvalue weighted by molar-refractivity contribution is -0.123. The van der Waals surface area contributed by atoms with Gasteiger partial charge < -0.3 is 20.7 Å². The van der Waals surface area contributed by atoms with Crippen LogP contribution in [0.15, 0.2) is 42.7 Å². The number of morpholine rings is 1. The largest absolute Gasteiger partial charge is 0.375 e. The Labute approximate surface area is 164 Å². The number of halogens is 1. The summed E-state index contributed by atoms with van der Waals surface area (Å²) >= 11 is 0. The first kappa shape index (κ1) is 20.9. The van der Waals surface area contributed by atoms with Gasteiger partial charge in [0.05, 0.1) is 12.7 Å². The molecule has 0 saturated carbocycles. The molecule has 0 aliphatic carbocycles. The van der Waals surface area contributed by atoms with E-state index in [1.165, 1.54) is 0 Å². The van der Waals surface area contributed by atoms with E-state index in [9.17, 15) is 9.59 Å². The molecule has 0 bridgehead atoms. The molecule has 2 amide bonds. The van der Waals surface area contributed by atoms with Crippen LogP contribution in [0, 0.1) is 0 Å². The predicted octanol–water partition coefficient (Wildman–Crippen LogP) is 1.82. The molecule has 1 aliphatic rings. The normalized spacial score (nSPS) is 20.2. The van der Waals surface area contributed by atoms with Crippen molar-refractivity contribution in [2.24, 2.45) is 0 Å². The number of benzene rings is 1. The Kier molecular flexibility index (Phi) is 7.35. The highest BCUT2D eigenvalue weighted by atomic mass is 35.5. The van der Waals surface area contributed by atoms with Gasteiger partial charge in [-0.05, 0) is 38.1 Å². The van der Waals surface area contributed by atoms with Gasteiger partial charge in [-0.1, -0.05) is 6.07 Å². The van der Waals surface area contributed by atoms with Crippen LogP contribution in [0.4, 0.5) is 11.4 Å². The van der Waals surface area contributed by atoms with Crippen molar-refractivity contribution in [2.75, 3.05) is 23.8 Å². The standard InChI is InChI=1S/C18H23N5O3.ClH/c1-12(23-9-4-7-20-23)17(24)21-14-5-3-6-15(11-14)22-18(25)16-13(2)26-10-8-19-16;/h3-7,9,11-13,16,19H,8,10H2,1-2H3,(H,21,24)(H,22,25);1H/t12?,13-,16+;/m1./s1. The lowest BCUT2D eigenvalue weighted by atomic mass is 10.1. The molecule has 0 radical (unpaired) electrons. The van der Waals surface area contributed by atoms with E-state index >= 15 is 0 Å². The predicted molar refractivity (Wildman–Crippen MR) is 105 cm³/mol. The van der Waals surface area contributed by atoms with Crippen molar-refractivity contribution in [3.63, 3.8) is 0 Å². The molecule has 2 heterocycles. The van der Waals surface area contributed by atoms with E-state index in [-0.39, 0.29) is 30.3 Å². The first-order valence-electron chi connectivity index (χ1n) is 8.60. The molecular weight excluding hydrogens is 370 g/mol. The summed E-state index contributed by atoms with van der Waals surface area (Å²) in [4.78, 5) is 24.8. The highest BCUT2D eigenvalue weighted by Gasteiger charge is 2.28. The fraction of sp³-hybridized carbons (Fsp3) is 0.389. The number of carbonyl (C=O) groups is 2. The molecule has 3 N–H and O–H groups in total. The average Bonchev–Trinajstić information content (AvgIpc) is 3.16. The van der Waals surface area contributed by atoms with Crippen molar-refractivity contribution < 1.29 is 14.3 Å². The van der Waals surface area contributed by atoms with Crippen LogP contribution >= 0.6 is 12.4 Å². The Balaban J connectivity index is 0.00000261. The quantitative estimate of drug-likeness (QED) is 0.720. The number of rotatable bonds is 5. The van der Waals surface area contributed by atoms with Crippen LogP contribution in [-0.4, -0.2) is 46.9 Å². The lowest BCUT2D eigenvalue weighted by Gasteiger charge is -2.29. The Bertz CT molecular complexity index is 768. The molecule has 1 aromatic heterocycles. The van der Waals surface area contributed by atoms with E-state index in [0.717, 1.165) is 0 Å². The Morgan fingerprint density at radius 2 is 2.04 bits per heavy atom. The number of ether oxygens (including phenoxy) is 1. The van der Waals surface area contributed by atoms with Crippen LogP contribution in [0.1, 0.15) is 19.9 Å². The first-order chi connectivity index (χ1) is 12.5. The number of nitrogens with zero attached hydrogens (tertiary/aromatic N) is 2. The monoisotopic (exact) mass is 393 g/mol. The second-order valence-electron chi connectivity index (χ2n) is 6.23. The molecule has 3 atom stereocenters. The van der Waals surface area contributed by atoms with Gasteiger partial charge in [-0.15, -0.1) is 12.4 Å². The number of hydrogen-bond donors (Lipinski definition) is 3. The number of amides is 2. The second kappa shape index (κ2) is 9.50. The molecular formula is C18H24ClN5O3. The van der Waals surface area contributed by atoms with Crippen molar-refractivity contribution in [3.8, 4) is 0 Å². The van der Waals surface area contributed by atoms with E-state index in [4.69, 9.17) is 4.74 Å². The van der Waals surface area contributed by atoms with Crippen LogP contribution in [0.5, 0.6) is 0 Å². The van der Waals surface area contributed by atoms with E-state index in [0.29, 0.717) is 24.5 Å². The van der Waals surface area contributed by atoms with Crippen molar-refractivity contribution in [3.05, 3.63) is 42.7 Å². The third kappa shape index (κ3) is 5.29. The number of aromatic nitrogens is 2. The molecule has 1 saturated heterocycles. The summed E-state index contributed by atoms with van der Waals surface area (Å²) in [6.07, 6.45) is 3.17. The summed E-state index contributed by atoms with van der Waals surface area (Å²) in [5.41, 5.74) is 1.21. The van der Waals surface area contributed by atoms with E-state index in [1.54, 1.807) is 54.3 Å². The number of anilines is 2. The van der Waals surface area contributed by atoms with Crippen LogP contribution in [0.2, 0.25) is 0 Å². The number of hydrogen-bond acceptors (Lipinski definition) is 5. The Hall–Kier alpha value is -2.42. The Morgan fingerprint density at radius 1 is 1.30 bits per heavy atom. The van der Waals surface area contributed by atoms with Gasteiger partial charge in [-0.2, -0.15) is 5.10 Å². The molecule has 2 aromatic rings. The fourth-order valence-corrected chi connectivity index (χ4v) is 2.80. The molecule has 8 nitrogen and oxygen atoms in total. The van der Waals surface area contributed by atoms with Gasteiger partial charge in [0.15, 0.2) is 0 Å². The molecule has 0 spiro atoms. The van der Waals surface area contributed by atoms with Gasteiger partial charge in [-0.3, -0.25) is 14.3 Å². The van der Waals surface area contributed by atoms with Gasteiger partial charge in [0.2, 0.25) is 11.8 Å². The van der Waals surface area contributed by atoms with E-state index in [2.05, 4.69) is 21.0 Å². The number of carbonyl (C=O) groups excluding carboxylic acids is 2. The first-order valence-corrected chi connectivity index (χ1v) is 8.60. The molecule has 1 aliphatic heterocycles. The van der Waals surface area contributed by atoms with Crippen molar-refractivity contribution >= 4 is 35.6 Å². The third-order valence-corrected chi connectivity index (χ3v) is 4.30. The minimum atomic E-state index is -0.437. The molecule has 146 valence electrons. The topological polar surface area (TPSA) is 97.3 Å². The second-order valence-corrected chi connectivity index (χ2v) is 6.23. The van der Waals surface area contributed by atoms with Gasteiger partial charge in [-0.25, -0.2) is 0 Å². The molecule has 9 heteroatoms. The van der Waals surface area contributed by atoms with Crippen LogP contribution < -0.4 is 16.0 Å². The summed E-state index contributed by atoms with van der Waals surface area (Å²) < 4.78 is 7.08. The summed E-state index contributed by atoms with van der Waals surface area (Å²) in [5.74, 6) is -0.348. The summed E-state index contributed by atoms with van der Waals surface area (Å²) in [6, 6.07) is 7.98. The lowest BCUT2D eigenvalue weighted by Crippen LogP contribution is -2.53. The third-order valence-electron chi connectivity index (χ3n) is 4.30. The fourth-order valence-electron chi connectivity index (χ4n) is 2.80. The Morgan fingerprint density at radius 3 is 2.70 bits per heavy atom. The SMILES string of the molecule is CC(C(=O)Nc1cccc(NC(=O)[C@H]2NCCO[C@@H]2C)c1)n1cccn1.Cl. The van der Waals surface area contributed by atoms with E-state index in [1.807, 2.05) is 6.92 Å². The minimum Gasteiger partial charge on any atom is -0.375 e. The van der Waals surface area contributed by atoms with Crippen LogP contribution in [0.25, 0.3) is 0 Å². The van der Waals surface area contributed by atoms with Gasteiger partial charge >= 0.3 is 0 Å². The summed E-state index contributed by atoms with van der Waals surface area (Å²) in [5, 5.41) is 12.9. The molecule has 3 rings (SSSR count). The van der Waals surface area contributed by atoms with Gasteiger partial charge in [0.25, 0.3) is 0 Å². The summed E-state index contributed by atoms with van der Waals surface area (Å²) in [6.45, 7) is 4.87. The minimum absolute atomic E-state index is 0. The maximum atomic E-state index is 12.4. The molecule has 1 unspecified atom stereocenters. The van der Waals surface area contributed by atoms with Crippen molar-refractivity contribution in [2.45, 2.75) is 32.0 Å². The van der Waals surface area contributed by atoms with E-state index < -0.39 is 12.1 Å². The zero-order valence-electron chi connectivity index (χ0n) is 15.2. The van der Waals surface area contributed by atoms with Crippen molar-refractivity contribution in [1.29, 1.82) is 0 Å². The highest BCUT2D eigenvalue weighted by molar-refractivity contribution is 5.97. The summed E-state index contributed by atoms with van der Waals surface area (Å²) in [7, 11) is 0. The van der Waals surface area contributed by atoms with Gasteiger partial charge in [0.1, 0.15) is 12.1 Å². The van der Waals surface area contributed by atoms with Crippen molar-refractivity contribution in [1.82, 2.24) is 15.1 Å². The highest BCUT2D eigenvalue weighted by Crippen LogP contribution is 2.18. The zero-order valence-corrected chi connectivity index (χ0v) is 16.0. The molecule has 1 aromatic carbocycles. The maximum absolute atomic E-state index is 12.4. The zero-order chi connectivity index (χ0) is 18.5. The van der Waals surface area contributed by atoms with Gasteiger partial charge in [0, 0.05) is 30.3 Å². The van der Waals surface area contributed by atoms with Crippen LogP contribution in [0.3, 0.4) is 0 Å². The number of nitrogens with one attached hydrogen (secondary N) is 3.